The van der Waals surface area contributed by atoms with Crippen LogP contribution in [0.5, 0.6) is 0 Å². The predicted octanol–water partition coefficient (Wildman–Crippen LogP) is 3.02. The quantitative estimate of drug-likeness (QED) is 0.707. The van der Waals surface area contributed by atoms with E-state index in [0.29, 0.717) is 17.0 Å². The van der Waals surface area contributed by atoms with Crippen molar-refractivity contribution in [2.24, 2.45) is 0 Å². The third-order valence-electron chi connectivity index (χ3n) is 4.45. The fourth-order valence-corrected chi connectivity index (χ4v) is 3.33. The van der Waals surface area contributed by atoms with E-state index < -0.39 is 18.4 Å². The van der Waals surface area contributed by atoms with Crippen LogP contribution in [0.2, 0.25) is 0 Å². The van der Waals surface area contributed by atoms with Gasteiger partial charge in [-0.05, 0) is 19.9 Å². The molecule has 6 nitrogen and oxygen atoms in total. The normalized spacial score (nSPS) is 14.3. The minimum absolute atomic E-state index is 0.00832. The van der Waals surface area contributed by atoms with Gasteiger partial charge in [-0.2, -0.15) is 0 Å². The summed E-state index contributed by atoms with van der Waals surface area (Å²) in [5, 5.41) is 0. The molecule has 4 heterocycles. The third-order valence-corrected chi connectivity index (χ3v) is 4.45. The lowest BCUT2D eigenvalue weighted by Gasteiger charge is -2.27. The van der Waals surface area contributed by atoms with Crippen LogP contribution in [-0.4, -0.2) is 42.6 Å². The minimum Gasteiger partial charge on any atom is -0.325 e. The summed E-state index contributed by atoms with van der Waals surface area (Å²) in [7, 11) is 0. The number of amides is 1. The van der Waals surface area contributed by atoms with Crippen LogP contribution in [-0.2, 0) is 6.54 Å². The molecular formula is C18H17F2N5O. The maximum Gasteiger partial charge on any atom is 0.275 e. The number of rotatable bonds is 2. The average molecular weight is 357 g/mol. The molecule has 3 aromatic heterocycles. The van der Waals surface area contributed by atoms with Crippen molar-refractivity contribution < 1.29 is 13.6 Å². The summed E-state index contributed by atoms with van der Waals surface area (Å²) >= 11 is 0. The Hall–Kier alpha value is -2.90. The van der Waals surface area contributed by atoms with E-state index in [1.165, 1.54) is 6.33 Å². The zero-order valence-corrected chi connectivity index (χ0v) is 14.6. The molecule has 0 unspecified atom stereocenters. The highest BCUT2D eigenvalue weighted by atomic mass is 19.3. The second-order valence-corrected chi connectivity index (χ2v) is 6.71. The zero-order valence-electron chi connectivity index (χ0n) is 14.6. The Bertz CT molecular complexity index is 1040. The molecule has 0 fully saturated rings. The van der Waals surface area contributed by atoms with Gasteiger partial charge in [0.25, 0.3) is 11.8 Å². The monoisotopic (exact) mass is 357 g/mol. The van der Waals surface area contributed by atoms with E-state index in [0.717, 1.165) is 28.6 Å². The fourth-order valence-electron chi connectivity index (χ4n) is 3.33. The van der Waals surface area contributed by atoms with Gasteiger partial charge in [0.2, 0.25) is 0 Å². The number of hydrogen-bond donors (Lipinski definition) is 0. The lowest BCUT2D eigenvalue weighted by atomic mass is 10.0. The second-order valence-electron chi connectivity index (χ2n) is 6.71. The van der Waals surface area contributed by atoms with Gasteiger partial charge < -0.3 is 4.90 Å². The Kier molecular flexibility index (Phi) is 3.54. The van der Waals surface area contributed by atoms with E-state index in [-0.39, 0.29) is 12.2 Å². The molecule has 0 saturated heterocycles. The van der Waals surface area contributed by atoms with E-state index in [2.05, 4.69) is 15.0 Å². The standard InChI is InChI=1S/C18H17F2N5O/c1-10-4-5-12-13-6-21-11(2)25-9-22-15(16(13)25)17(26)24(7-14(12)23-10)8-18(3,19)20/h4-6,9H,7-8H2,1-3H3. The van der Waals surface area contributed by atoms with Crippen molar-refractivity contribution in [2.45, 2.75) is 33.2 Å². The summed E-state index contributed by atoms with van der Waals surface area (Å²) in [5.41, 5.74) is 3.54. The van der Waals surface area contributed by atoms with E-state index >= 15 is 0 Å². The summed E-state index contributed by atoms with van der Waals surface area (Å²) in [6.45, 7) is 3.72. The van der Waals surface area contributed by atoms with Gasteiger partial charge in [0, 0.05) is 29.9 Å². The van der Waals surface area contributed by atoms with Crippen molar-refractivity contribution in [1.29, 1.82) is 0 Å². The number of pyridine rings is 1. The number of nitrogens with zero attached hydrogens (tertiary/aromatic N) is 5. The highest BCUT2D eigenvalue weighted by molar-refractivity contribution is 6.04. The van der Waals surface area contributed by atoms with Crippen LogP contribution in [0.4, 0.5) is 8.78 Å². The molecule has 0 spiro atoms. The lowest BCUT2D eigenvalue weighted by molar-refractivity contribution is -0.0131. The highest BCUT2D eigenvalue weighted by Gasteiger charge is 2.34. The maximum atomic E-state index is 13.7. The molecule has 26 heavy (non-hydrogen) atoms. The maximum absolute atomic E-state index is 13.7. The number of carbonyl (C=O) groups is 1. The van der Waals surface area contributed by atoms with Crippen LogP contribution in [0.25, 0.3) is 16.6 Å². The van der Waals surface area contributed by atoms with Gasteiger partial charge in [-0.3, -0.25) is 14.2 Å². The first-order valence-electron chi connectivity index (χ1n) is 8.21. The third kappa shape index (κ3) is 2.61. The molecule has 0 N–H and O–H groups in total. The Labute approximate surface area is 148 Å². The second kappa shape index (κ2) is 5.55. The topological polar surface area (TPSA) is 63.4 Å². The molecule has 0 radical (unpaired) electrons. The molecule has 134 valence electrons. The molecule has 0 atom stereocenters. The Balaban J connectivity index is 2.03. The molecule has 3 aromatic rings. The van der Waals surface area contributed by atoms with Crippen LogP contribution < -0.4 is 0 Å². The average Bonchev–Trinajstić information content (AvgIpc) is 2.98. The minimum atomic E-state index is -3.02. The molecule has 0 saturated carbocycles. The summed E-state index contributed by atoms with van der Waals surface area (Å²) < 4.78 is 29.1. The molecule has 0 aromatic carbocycles. The van der Waals surface area contributed by atoms with Gasteiger partial charge in [-0.1, -0.05) is 6.07 Å². The number of fused-ring (bicyclic) bond motifs is 2. The van der Waals surface area contributed by atoms with Gasteiger partial charge >= 0.3 is 0 Å². The van der Waals surface area contributed by atoms with Crippen LogP contribution in [0.15, 0.2) is 24.7 Å². The molecular weight excluding hydrogens is 340 g/mol. The first kappa shape index (κ1) is 16.6. The summed E-state index contributed by atoms with van der Waals surface area (Å²) in [6, 6.07) is 3.74. The summed E-state index contributed by atoms with van der Waals surface area (Å²) in [6.07, 6.45) is 3.19. The molecule has 0 aliphatic carbocycles. The van der Waals surface area contributed by atoms with Crippen LogP contribution in [0.1, 0.15) is 34.6 Å². The van der Waals surface area contributed by atoms with Gasteiger partial charge in [0.05, 0.1) is 24.3 Å². The van der Waals surface area contributed by atoms with Gasteiger partial charge in [-0.25, -0.2) is 18.7 Å². The fraction of sp³-hybridized carbons (Fsp3) is 0.333. The zero-order chi connectivity index (χ0) is 18.6. The largest absolute Gasteiger partial charge is 0.325 e. The van der Waals surface area contributed by atoms with Crippen LogP contribution in [0, 0.1) is 13.8 Å². The molecule has 0 bridgehead atoms. The first-order chi connectivity index (χ1) is 12.2. The number of hydrogen-bond acceptors (Lipinski definition) is 4. The first-order valence-corrected chi connectivity index (χ1v) is 8.21. The smallest absolute Gasteiger partial charge is 0.275 e. The number of carbonyl (C=O) groups excluding carboxylic acids is 1. The van der Waals surface area contributed by atoms with E-state index in [4.69, 9.17) is 0 Å². The van der Waals surface area contributed by atoms with Crippen molar-refractivity contribution in [3.05, 3.63) is 47.6 Å². The Morgan fingerprint density at radius 2 is 1.96 bits per heavy atom. The van der Waals surface area contributed by atoms with Crippen molar-refractivity contribution in [3.63, 3.8) is 0 Å². The number of halogens is 2. The highest BCUT2D eigenvalue weighted by Crippen LogP contribution is 2.33. The predicted molar refractivity (Wildman–Crippen MR) is 91.1 cm³/mol. The Morgan fingerprint density at radius 3 is 2.69 bits per heavy atom. The number of aryl methyl sites for hydroxylation is 2. The van der Waals surface area contributed by atoms with Crippen molar-refractivity contribution >= 4 is 11.4 Å². The van der Waals surface area contributed by atoms with Crippen molar-refractivity contribution in [1.82, 2.24) is 24.3 Å². The van der Waals surface area contributed by atoms with E-state index in [1.54, 1.807) is 17.5 Å². The lowest BCUT2D eigenvalue weighted by Crippen LogP contribution is -2.40. The summed E-state index contributed by atoms with van der Waals surface area (Å²) in [4.78, 5) is 27.2. The number of alkyl halides is 2. The van der Waals surface area contributed by atoms with E-state index in [1.807, 2.05) is 19.1 Å². The SMILES string of the molecule is Cc1ccc2c(n1)CN(CC(C)(F)F)C(=O)c1ncn3c(C)ncc-2c13. The number of imidazole rings is 1. The molecule has 8 heteroatoms. The summed E-state index contributed by atoms with van der Waals surface area (Å²) in [5.74, 6) is -2.89. The van der Waals surface area contributed by atoms with Crippen LogP contribution in [0.3, 0.4) is 0 Å². The van der Waals surface area contributed by atoms with Crippen molar-refractivity contribution in [2.75, 3.05) is 6.54 Å². The number of aromatic nitrogens is 4. The van der Waals surface area contributed by atoms with Crippen LogP contribution >= 0.6 is 0 Å². The molecule has 1 amide bonds. The Morgan fingerprint density at radius 1 is 1.19 bits per heavy atom. The van der Waals surface area contributed by atoms with Gasteiger partial charge in [0.1, 0.15) is 12.2 Å². The van der Waals surface area contributed by atoms with Crippen molar-refractivity contribution in [3.8, 4) is 11.1 Å². The van der Waals surface area contributed by atoms with Gasteiger partial charge in [-0.15, -0.1) is 0 Å². The molecule has 1 aliphatic rings. The molecule has 4 rings (SSSR count). The van der Waals surface area contributed by atoms with Gasteiger partial charge in [0.15, 0.2) is 5.69 Å². The van der Waals surface area contributed by atoms with E-state index in [9.17, 15) is 13.6 Å². The molecule has 1 aliphatic heterocycles.